The molecular formula is C25H31N3O3S2. The molecule has 0 radical (unpaired) electrons. The van der Waals surface area contributed by atoms with Crippen molar-refractivity contribution in [3.05, 3.63) is 65.2 Å². The summed E-state index contributed by atoms with van der Waals surface area (Å²) >= 11 is 1.64. The number of sulfonamides is 1. The number of para-hydroxylation sites is 1. The second-order valence-corrected chi connectivity index (χ2v) is 12.0. The zero-order chi connectivity index (χ0) is 23.6. The lowest BCUT2D eigenvalue weighted by molar-refractivity contribution is -0.138. The molecule has 1 amide bonds. The Balaban J connectivity index is 1.58. The minimum absolute atomic E-state index is 0.0544. The van der Waals surface area contributed by atoms with Gasteiger partial charge in [0.25, 0.3) is 0 Å². The molecule has 3 aromatic rings. The van der Waals surface area contributed by atoms with Crippen LogP contribution in [0.15, 0.2) is 54.6 Å². The maximum absolute atomic E-state index is 14.0. The number of piperidine rings is 1. The lowest BCUT2D eigenvalue weighted by atomic mass is 9.78. The van der Waals surface area contributed by atoms with Crippen LogP contribution in [-0.2, 0) is 26.7 Å². The van der Waals surface area contributed by atoms with E-state index in [1.807, 2.05) is 67.3 Å². The predicted molar refractivity (Wildman–Crippen MR) is 134 cm³/mol. The van der Waals surface area contributed by atoms with Crippen molar-refractivity contribution in [1.82, 2.24) is 14.2 Å². The number of hydrogen-bond donors (Lipinski definition) is 0. The first kappa shape index (κ1) is 23.9. The fourth-order valence-corrected chi connectivity index (χ4v) is 7.22. The topological polar surface area (TPSA) is 70.6 Å². The Morgan fingerprint density at radius 3 is 2.36 bits per heavy atom. The van der Waals surface area contributed by atoms with Crippen LogP contribution < -0.4 is 0 Å². The van der Waals surface area contributed by atoms with Crippen LogP contribution in [0.25, 0.3) is 10.2 Å². The van der Waals surface area contributed by atoms with E-state index < -0.39 is 15.4 Å². The molecule has 1 aromatic heterocycles. The number of carbonyl (C=O) groups is 1. The summed E-state index contributed by atoms with van der Waals surface area (Å²) in [5.41, 5.74) is 1.19. The molecule has 8 heteroatoms. The summed E-state index contributed by atoms with van der Waals surface area (Å²) in [6.07, 6.45) is 3.09. The average molecular weight is 486 g/mol. The second kappa shape index (κ2) is 9.52. The van der Waals surface area contributed by atoms with Gasteiger partial charge in [0.15, 0.2) is 0 Å². The van der Waals surface area contributed by atoms with Crippen molar-refractivity contribution in [2.75, 3.05) is 25.9 Å². The van der Waals surface area contributed by atoms with Crippen molar-refractivity contribution >= 4 is 37.5 Å². The van der Waals surface area contributed by atoms with Crippen LogP contribution >= 0.6 is 11.3 Å². The highest BCUT2D eigenvalue weighted by Gasteiger charge is 2.41. The molecule has 6 nitrogen and oxygen atoms in total. The molecule has 1 atom stereocenters. The lowest BCUT2D eigenvalue weighted by Gasteiger charge is -2.40. The van der Waals surface area contributed by atoms with Gasteiger partial charge in [-0.05, 0) is 37.5 Å². The summed E-state index contributed by atoms with van der Waals surface area (Å²) in [5, 5.41) is 0.944. The maximum atomic E-state index is 14.0. The van der Waals surface area contributed by atoms with Crippen LogP contribution in [0, 0.1) is 0 Å². The standard InChI is InChI=1S/C25H31N3O3S2/c1-4-28(33(3,30)31)20-14-16-27(17-15-20)24(29)25(2,19-10-6-5-7-11-19)18-23-26-21-12-8-9-13-22(21)32-23/h5-13,20H,4,14-18H2,1-3H3. The van der Waals surface area contributed by atoms with Crippen LogP contribution in [0.4, 0.5) is 0 Å². The zero-order valence-corrected chi connectivity index (χ0v) is 21.0. The molecule has 0 bridgehead atoms. The number of likely N-dealkylation sites (tertiary alicyclic amines) is 1. The molecule has 1 fully saturated rings. The maximum Gasteiger partial charge on any atom is 0.233 e. The first-order chi connectivity index (χ1) is 15.7. The molecule has 0 saturated carbocycles. The monoisotopic (exact) mass is 485 g/mol. The van der Waals surface area contributed by atoms with Crippen molar-refractivity contribution in [3.8, 4) is 0 Å². The summed E-state index contributed by atoms with van der Waals surface area (Å²) in [7, 11) is -3.25. The first-order valence-electron chi connectivity index (χ1n) is 11.4. The second-order valence-electron chi connectivity index (χ2n) is 8.94. The number of thiazole rings is 1. The van der Waals surface area contributed by atoms with Gasteiger partial charge >= 0.3 is 0 Å². The number of rotatable bonds is 7. The Hall–Kier alpha value is -2.29. The van der Waals surface area contributed by atoms with Crippen molar-refractivity contribution < 1.29 is 13.2 Å². The molecule has 33 heavy (non-hydrogen) atoms. The molecular weight excluding hydrogens is 454 g/mol. The summed E-state index contributed by atoms with van der Waals surface area (Å²) in [4.78, 5) is 20.7. The van der Waals surface area contributed by atoms with Gasteiger partial charge in [0.1, 0.15) is 0 Å². The largest absolute Gasteiger partial charge is 0.342 e. The van der Waals surface area contributed by atoms with E-state index in [-0.39, 0.29) is 11.9 Å². The van der Waals surface area contributed by atoms with E-state index in [4.69, 9.17) is 4.98 Å². The molecule has 2 aromatic carbocycles. The molecule has 2 heterocycles. The highest BCUT2D eigenvalue weighted by atomic mass is 32.2. The molecule has 1 saturated heterocycles. The normalized spacial score (nSPS) is 17.4. The number of carbonyl (C=O) groups excluding carboxylic acids is 1. The SMILES string of the molecule is CCN(C1CCN(C(=O)C(C)(Cc2nc3ccccc3s2)c2ccccc2)CC1)S(C)(=O)=O. The highest BCUT2D eigenvalue weighted by molar-refractivity contribution is 7.88. The van der Waals surface area contributed by atoms with E-state index in [9.17, 15) is 13.2 Å². The van der Waals surface area contributed by atoms with Crippen molar-refractivity contribution in [1.29, 1.82) is 0 Å². The minimum atomic E-state index is -3.25. The highest BCUT2D eigenvalue weighted by Crippen LogP contribution is 2.34. The first-order valence-corrected chi connectivity index (χ1v) is 14.0. The summed E-state index contributed by atoms with van der Waals surface area (Å²) in [5.74, 6) is 0.0776. The number of amides is 1. The Bertz CT molecular complexity index is 1180. The Labute approximate surface area is 200 Å². The molecule has 176 valence electrons. The fraction of sp³-hybridized carbons (Fsp3) is 0.440. The Morgan fingerprint density at radius 2 is 1.76 bits per heavy atom. The molecule has 1 aliphatic heterocycles. The number of nitrogens with zero attached hydrogens (tertiary/aromatic N) is 3. The fourth-order valence-electron chi connectivity index (χ4n) is 4.87. The van der Waals surface area contributed by atoms with Gasteiger partial charge in [-0.2, -0.15) is 4.31 Å². The van der Waals surface area contributed by atoms with Gasteiger partial charge in [-0.15, -0.1) is 11.3 Å². The number of benzene rings is 2. The molecule has 0 aliphatic carbocycles. The van der Waals surface area contributed by atoms with Crippen molar-refractivity contribution in [2.45, 2.75) is 44.6 Å². The molecule has 1 unspecified atom stereocenters. The Kier molecular flexibility index (Phi) is 6.88. The van der Waals surface area contributed by atoms with Gasteiger partial charge in [0.05, 0.1) is 26.9 Å². The van der Waals surface area contributed by atoms with Gasteiger partial charge < -0.3 is 4.90 Å². The third-order valence-electron chi connectivity index (χ3n) is 6.62. The number of hydrogen-bond acceptors (Lipinski definition) is 5. The van der Waals surface area contributed by atoms with Crippen molar-refractivity contribution in [2.24, 2.45) is 0 Å². The molecule has 0 spiro atoms. The summed E-state index contributed by atoms with van der Waals surface area (Å²) < 4.78 is 27.0. The van der Waals surface area contributed by atoms with E-state index in [2.05, 4.69) is 6.07 Å². The van der Waals surface area contributed by atoms with Crippen LogP contribution in [0.2, 0.25) is 0 Å². The van der Waals surface area contributed by atoms with Crippen LogP contribution in [0.1, 0.15) is 37.3 Å². The Morgan fingerprint density at radius 1 is 1.12 bits per heavy atom. The predicted octanol–water partition coefficient (Wildman–Crippen LogP) is 4.07. The van der Waals surface area contributed by atoms with Crippen LogP contribution in [0.5, 0.6) is 0 Å². The molecule has 1 aliphatic rings. The van der Waals surface area contributed by atoms with E-state index in [0.29, 0.717) is 38.9 Å². The van der Waals surface area contributed by atoms with Gasteiger partial charge in [-0.25, -0.2) is 13.4 Å². The van der Waals surface area contributed by atoms with E-state index in [1.165, 1.54) is 6.26 Å². The van der Waals surface area contributed by atoms with Gasteiger partial charge in [-0.1, -0.05) is 49.4 Å². The van der Waals surface area contributed by atoms with Crippen molar-refractivity contribution in [3.63, 3.8) is 0 Å². The van der Waals surface area contributed by atoms with Gasteiger partial charge in [-0.3, -0.25) is 4.79 Å². The average Bonchev–Trinajstić information content (AvgIpc) is 3.21. The van der Waals surface area contributed by atoms with E-state index >= 15 is 0 Å². The lowest BCUT2D eigenvalue weighted by Crippen LogP contribution is -2.53. The van der Waals surface area contributed by atoms with E-state index in [1.54, 1.807) is 15.6 Å². The van der Waals surface area contributed by atoms with E-state index in [0.717, 1.165) is 20.8 Å². The van der Waals surface area contributed by atoms with Gasteiger partial charge in [0.2, 0.25) is 15.9 Å². The molecule has 0 N–H and O–H groups in total. The zero-order valence-electron chi connectivity index (χ0n) is 19.4. The third kappa shape index (κ3) is 4.98. The molecule has 4 rings (SSSR count). The smallest absolute Gasteiger partial charge is 0.233 e. The van der Waals surface area contributed by atoms with Gasteiger partial charge in [0, 0.05) is 32.1 Å². The number of fused-ring (bicyclic) bond motifs is 1. The van der Waals surface area contributed by atoms with Crippen LogP contribution in [-0.4, -0.2) is 60.4 Å². The summed E-state index contributed by atoms with van der Waals surface area (Å²) in [6, 6.07) is 17.9. The quantitative estimate of drug-likeness (QED) is 0.506. The number of aromatic nitrogens is 1. The van der Waals surface area contributed by atoms with Crippen LogP contribution in [0.3, 0.4) is 0 Å². The summed E-state index contributed by atoms with van der Waals surface area (Å²) in [6.45, 7) is 5.44. The third-order valence-corrected chi connectivity index (χ3v) is 9.07. The minimum Gasteiger partial charge on any atom is -0.342 e.